The van der Waals surface area contributed by atoms with Crippen molar-refractivity contribution in [1.29, 1.82) is 0 Å². The Morgan fingerprint density at radius 2 is 1.61 bits per heavy atom. The van der Waals surface area contributed by atoms with Gasteiger partial charge < -0.3 is 20.3 Å². The van der Waals surface area contributed by atoms with Crippen molar-refractivity contribution in [3.8, 4) is 0 Å². The molecule has 3 N–H and O–H groups in total. The summed E-state index contributed by atoms with van der Waals surface area (Å²) in [6.45, 7) is 2.70. The number of aromatic nitrogens is 4. The number of hydrogen-bond acceptors (Lipinski definition) is 6. The Morgan fingerprint density at radius 3 is 2.19 bits per heavy atom. The van der Waals surface area contributed by atoms with Crippen molar-refractivity contribution in [3.63, 3.8) is 0 Å². The maximum absolute atomic E-state index is 9.56. The van der Waals surface area contributed by atoms with E-state index in [-0.39, 0.29) is 18.6 Å². The van der Waals surface area contributed by atoms with Crippen molar-refractivity contribution in [2.45, 2.75) is 25.3 Å². The molecule has 0 aliphatic carbocycles. The number of hydrogen-bond donors (Lipinski definition) is 3. The highest BCUT2D eigenvalue weighted by molar-refractivity contribution is 5.84. The molecular formula is C24H28N6O. The van der Waals surface area contributed by atoms with Gasteiger partial charge in [-0.1, -0.05) is 67.6 Å². The van der Waals surface area contributed by atoms with E-state index in [1.54, 1.807) is 6.33 Å². The molecule has 1 atom stereocenters. The van der Waals surface area contributed by atoms with E-state index in [2.05, 4.69) is 74.1 Å². The highest BCUT2D eigenvalue weighted by Gasteiger charge is 2.18. The first-order valence-electron chi connectivity index (χ1n) is 10.6. The molecule has 0 radical (unpaired) electrons. The third-order valence-electron chi connectivity index (χ3n) is 5.48. The molecule has 0 saturated carbocycles. The molecule has 0 bridgehead atoms. The maximum Gasteiger partial charge on any atom is 0.227 e. The summed E-state index contributed by atoms with van der Waals surface area (Å²) in [4.78, 5) is 13.8. The first-order chi connectivity index (χ1) is 15.2. The number of aliphatic hydroxyl groups is 1. The van der Waals surface area contributed by atoms with Gasteiger partial charge in [0.05, 0.1) is 19.0 Å². The number of anilines is 2. The Hall–Kier alpha value is -3.45. The fourth-order valence-corrected chi connectivity index (χ4v) is 3.65. The number of rotatable bonds is 9. The van der Waals surface area contributed by atoms with Crippen LogP contribution in [0.15, 0.2) is 67.0 Å². The summed E-state index contributed by atoms with van der Waals surface area (Å²) in [6, 6.07) is 20.8. The lowest BCUT2D eigenvalue weighted by atomic mass is 9.91. The van der Waals surface area contributed by atoms with E-state index >= 15 is 0 Å². The summed E-state index contributed by atoms with van der Waals surface area (Å²) < 4.78 is 1.87. The molecule has 31 heavy (non-hydrogen) atoms. The Balaban J connectivity index is 1.66. The summed E-state index contributed by atoms with van der Waals surface area (Å²) in [5, 5.41) is 16.3. The van der Waals surface area contributed by atoms with Crippen LogP contribution in [-0.2, 0) is 7.05 Å². The number of imidazole rings is 1. The second-order valence-corrected chi connectivity index (χ2v) is 7.61. The van der Waals surface area contributed by atoms with Gasteiger partial charge in [-0.2, -0.15) is 9.97 Å². The molecule has 2 heterocycles. The SMILES string of the molecule is CCC(CO)Nc1nc(NCC(c2ccccc2)c2ccccc2)c2ncn(C)c2n1. The molecule has 1 unspecified atom stereocenters. The average molecular weight is 417 g/mol. The first-order valence-corrected chi connectivity index (χ1v) is 10.6. The van der Waals surface area contributed by atoms with Gasteiger partial charge >= 0.3 is 0 Å². The second kappa shape index (κ2) is 9.57. The smallest absolute Gasteiger partial charge is 0.227 e. The molecule has 0 aliphatic rings. The number of aryl methyl sites for hydroxylation is 1. The lowest BCUT2D eigenvalue weighted by molar-refractivity contribution is 0.271. The molecule has 4 rings (SSSR count). The largest absolute Gasteiger partial charge is 0.394 e. The first kappa shape index (κ1) is 20.8. The fraction of sp³-hybridized carbons (Fsp3) is 0.292. The molecule has 160 valence electrons. The Bertz CT molecular complexity index is 1070. The van der Waals surface area contributed by atoms with Crippen molar-refractivity contribution in [1.82, 2.24) is 19.5 Å². The highest BCUT2D eigenvalue weighted by Crippen LogP contribution is 2.27. The summed E-state index contributed by atoms with van der Waals surface area (Å²) in [6.07, 6.45) is 2.51. The van der Waals surface area contributed by atoms with E-state index in [0.717, 1.165) is 17.6 Å². The molecule has 7 heteroatoms. The normalized spacial score (nSPS) is 12.3. The predicted octanol–water partition coefficient (Wildman–Crippen LogP) is 3.79. The zero-order valence-corrected chi connectivity index (χ0v) is 17.9. The number of nitrogens with one attached hydrogen (secondary N) is 2. The van der Waals surface area contributed by atoms with Crippen molar-refractivity contribution in [3.05, 3.63) is 78.1 Å². The lowest BCUT2D eigenvalue weighted by Gasteiger charge is -2.20. The quantitative estimate of drug-likeness (QED) is 0.385. The van der Waals surface area contributed by atoms with Gasteiger partial charge in [0.15, 0.2) is 17.0 Å². The second-order valence-electron chi connectivity index (χ2n) is 7.61. The van der Waals surface area contributed by atoms with Gasteiger partial charge in [-0.05, 0) is 17.5 Å². The standard InChI is InChI=1S/C24H28N6O/c1-3-19(15-31)27-24-28-22(21-23(29-24)30(2)16-26-21)25-14-20(17-10-6-4-7-11-17)18-12-8-5-9-13-18/h4-13,16,19-20,31H,3,14-15H2,1-2H3,(H2,25,27,28,29). The van der Waals surface area contributed by atoms with E-state index in [9.17, 15) is 5.11 Å². The van der Waals surface area contributed by atoms with Crippen LogP contribution in [0.1, 0.15) is 30.4 Å². The molecule has 2 aromatic carbocycles. The van der Waals surface area contributed by atoms with Crippen LogP contribution >= 0.6 is 0 Å². The van der Waals surface area contributed by atoms with Gasteiger partial charge in [-0.15, -0.1) is 0 Å². The number of benzene rings is 2. The zero-order valence-electron chi connectivity index (χ0n) is 17.9. The van der Waals surface area contributed by atoms with Crippen LogP contribution in [0.25, 0.3) is 11.2 Å². The molecule has 4 aromatic rings. The molecule has 0 aliphatic heterocycles. The van der Waals surface area contributed by atoms with E-state index < -0.39 is 0 Å². The highest BCUT2D eigenvalue weighted by atomic mass is 16.3. The Morgan fingerprint density at radius 1 is 0.968 bits per heavy atom. The fourth-order valence-electron chi connectivity index (χ4n) is 3.65. The zero-order chi connectivity index (χ0) is 21.6. The van der Waals surface area contributed by atoms with E-state index in [0.29, 0.717) is 18.3 Å². The monoisotopic (exact) mass is 416 g/mol. The molecule has 0 fully saturated rings. The van der Waals surface area contributed by atoms with Crippen molar-refractivity contribution in [2.24, 2.45) is 7.05 Å². The van der Waals surface area contributed by atoms with Gasteiger partial charge in [0.2, 0.25) is 5.95 Å². The topological polar surface area (TPSA) is 87.9 Å². The van der Waals surface area contributed by atoms with Gasteiger partial charge in [0.1, 0.15) is 0 Å². The Labute approximate surface area is 182 Å². The minimum Gasteiger partial charge on any atom is -0.394 e. The number of fused-ring (bicyclic) bond motifs is 1. The molecule has 0 saturated heterocycles. The van der Waals surface area contributed by atoms with Crippen LogP contribution in [0.4, 0.5) is 11.8 Å². The number of aliphatic hydroxyl groups excluding tert-OH is 1. The molecule has 7 nitrogen and oxygen atoms in total. The van der Waals surface area contributed by atoms with Gasteiger partial charge in [0, 0.05) is 19.5 Å². The van der Waals surface area contributed by atoms with Crippen LogP contribution in [-0.4, -0.2) is 43.8 Å². The van der Waals surface area contributed by atoms with Crippen molar-refractivity contribution < 1.29 is 5.11 Å². The van der Waals surface area contributed by atoms with Gasteiger partial charge in [-0.3, -0.25) is 0 Å². The van der Waals surface area contributed by atoms with Crippen LogP contribution in [0, 0.1) is 0 Å². The van der Waals surface area contributed by atoms with Crippen LogP contribution in [0.5, 0.6) is 0 Å². The Kier molecular flexibility index (Phi) is 6.43. The molecular weight excluding hydrogens is 388 g/mol. The summed E-state index contributed by atoms with van der Waals surface area (Å²) in [5.74, 6) is 1.32. The maximum atomic E-state index is 9.56. The third kappa shape index (κ3) is 4.67. The van der Waals surface area contributed by atoms with E-state index in [1.165, 1.54) is 11.1 Å². The van der Waals surface area contributed by atoms with Crippen LogP contribution in [0.2, 0.25) is 0 Å². The van der Waals surface area contributed by atoms with Crippen molar-refractivity contribution >= 4 is 22.9 Å². The third-order valence-corrected chi connectivity index (χ3v) is 5.48. The minimum atomic E-state index is -0.0973. The van der Waals surface area contributed by atoms with Gasteiger partial charge in [0.25, 0.3) is 0 Å². The summed E-state index contributed by atoms with van der Waals surface area (Å²) >= 11 is 0. The van der Waals surface area contributed by atoms with E-state index in [4.69, 9.17) is 0 Å². The average Bonchev–Trinajstić information content (AvgIpc) is 3.19. The van der Waals surface area contributed by atoms with Gasteiger partial charge in [-0.25, -0.2) is 4.98 Å². The minimum absolute atomic E-state index is 0.0239. The lowest BCUT2D eigenvalue weighted by Crippen LogP contribution is -2.24. The van der Waals surface area contributed by atoms with Crippen molar-refractivity contribution in [2.75, 3.05) is 23.8 Å². The predicted molar refractivity (Wildman–Crippen MR) is 124 cm³/mol. The van der Waals surface area contributed by atoms with E-state index in [1.807, 2.05) is 30.7 Å². The molecule has 0 spiro atoms. The summed E-state index contributed by atoms with van der Waals surface area (Å²) in [5.41, 5.74) is 3.93. The van der Waals surface area contributed by atoms with Crippen LogP contribution in [0.3, 0.4) is 0 Å². The molecule has 2 aromatic heterocycles. The van der Waals surface area contributed by atoms with Crippen LogP contribution < -0.4 is 10.6 Å². The number of nitrogens with zero attached hydrogens (tertiary/aromatic N) is 4. The molecule has 0 amide bonds. The summed E-state index contributed by atoms with van der Waals surface area (Å²) in [7, 11) is 1.91.